The van der Waals surface area contributed by atoms with Crippen molar-refractivity contribution in [3.8, 4) is 0 Å². The molecule has 9 heteroatoms. The molecule has 0 aliphatic heterocycles. The average Bonchev–Trinajstić information content (AvgIpc) is 2.51. The van der Waals surface area contributed by atoms with Crippen LogP contribution >= 0.6 is 15.2 Å². The zero-order valence-corrected chi connectivity index (χ0v) is 21.6. The predicted octanol–water partition coefficient (Wildman–Crippen LogP) is 6.91. The molecule has 1 atom stereocenters. The molecule has 0 amide bonds. The van der Waals surface area contributed by atoms with E-state index in [9.17, 15) is 14.0 Å². The summed E-state index contributed by atoms with van der Waals surface area (Å²) in [5, 5.41) is 0. The van der Waals surface area contributed by atoms with Crippen molar-refractivity contribution in [3.63, 3.8) is 0 Å². The van der Waals surface area contributed by atoms with Crippen LogP contribution in [0.15, 0.2) is 0 Å². The number of hydrogen-bond acceptors (Lipinski definition) is 3. The van der Waals surface area contributed by atoms with Gasteiger partial charge in [-0.2, -0.15) is 0 Å². The zero-order valence-electron chi connectivity index (χ0n) is 18.9. The molecule has 0 fully saturated rings. The highest BCUT2D eigenvalue weighted by Crippen LogP contribution is 2.45. The number of hydrogen-bond donors (Lipinski definition) is 3. The van der Waals surface area contributed by atoms with Crippen molar-refractivity contribution in [1.29, 1.82) is 0 Å². The Kier molecular flexibility index (Phi) is 18.9. The van der Waals surface area contributed by atoms with E-state index < -0.39 is 23.5 Å². The van der Waals surface area contributed by atoms with Gasteiger partial charge in [0.15, 0.2) is 8.32 Å². The van der Waals surface area contributed by atoms with Crippen molar-refractivity contribution in [2.75, 3.05) is 12.3 Å². The van der Waals surface area contributed by atoms with Crippen molar-refractivity contribution >= 4 is 23.5 Å². The summed E-state index contributed by atoms with van der Waals surface area (Å²) in [5.41, 5.74) is 0. The molecule has 1 unspecified atom stereocenters. The third-order valence-corrected chi connectivity index (χ3v) is 9.13. The topological polar surface area (TPSA) is 104 Å². The second kappa shape index (κ2) is 17.2. The Balaban J connectivity index is 0. The Morgan fingerprint density at radius 1 is 0.643 bits per heavy atom. The van der Waals surface area contributed by atoms with Gasteiger partial charge < -0.3 is 18.9 Å². The largest absolute Gasteiger partial charge is 0.351 e. The highest BCUT2D eigenvalue weighted by Gasteiger charge is 2.27. The monoisotopic (exact) mass is 460 g/mol. The van der Waals surface area contributed by atoms with Gasteiger partial charge in [0.25, 0.3) is 0 Å². The molecule has 0 aliphatic carbocycles. The lowest BCUT2D eigenvalue weighted by Crippen LogP contribution is -2.24. The minimum Gasteiger partial charge on any atom is -0.351 e. The van der Waals surface area contributed by atoms with Gasteiger partial charge in [-0.25, -0.2) is 0 Å². The maximum atomic E-state index is 11.7. The maximum Gasteiger partial charge on any atom is 0.325 e. The van der Waals surface area contributed by atoms with E-state index in [-0.39, 0.29) is 6.16 Å². The van der Waals surface area contributed by atoms with Gasteiger partial charge in [-0.1, -0.05) is 78.1 Å². The molecule has 0 rings (SSSR count). The second-order valence-corrected chi connectivity index (χ2v) is 16.9. The van der Waals surface area contributed by atoms with Crippen LogP contribution in [0.3, 0.4) is 0 Å². The SMILES string of the molecule is CCCCCCCCP(=O)(O)O.CCCCCCCCP(=O)(O)O[Si](C)(C)C. The molecule has 0 bridgehead atoms. The van der Waals surface area contributed by atoms with Gasteiger partial charge in [-0.15, -0.1) is 0 Å². The fourth-order valence-electron chi connectivity index (χ4n) is 2.66. The molecule has 172 valence electrons. The summed E-state index contributed by atoms with van der Waals surface area (Å²) in [6.07, 6.45) is 13.5. The lowest BCUT2D eigenvalue weighted by molar-refractivity contribution is 0.370. The van der Waals surface area contributed by atoms with E-state index in [4.69, 9.17) is 14.0 Å². The molecule has 0 aliphatic rings. The summed E-state index contributed by atoms with van der Waals surface area (Å²) >= 11 is 0. The van der Waals surface area contributed by atoms with E-state index in [0.717, 1.165) is 25.7 Å². The molecule has 0 aromatic heterocycles. The van der Waals surface area contributed by atoms with Crippen LogP contribution in [-0.4, -0.2) is 35.3 Å². The molecule has 3 N–H and O–H groups in total. The summed E-state index contributed by atoms with van der Waals surface area (Å²) < 4.78 is 27.4. The molecule has 0 aromatic rings. The van der Waals surface area contributed by atoms with Crippen LogP contribution in [0.25, 0.3) is 0 Å². The molecule has 0 heterocycles. The van der Waals surface area contributed by atoms with Gasteiger partial charge in [0.05, 0.1) is 0 Å². The summed E-state index contributed by atoms with van der Waals surface area (Å²) in [6.45, 7) is 10.2. The van der Waals surface area contributed by atoms with E-state index in [1.807, 2.05) is 19.6 Å². The van der Waals surface area contributed by atoms with Crippen LogP contribution in [0.1, 0.15) is 90.9 Å². The first-order valence-corrected chi connectivity index (χ1v) is 17.9. The van der Waals surface area contributed by atoms with Crippen molar-refractivity contribution in [3.05, 3.63) is 0 Å². The predicted molar refractivity (Wildman–Crippen MR) is 123 cm³/mol. The standard InChI is InChI=1S/C11H27O3PSi.C8H19O3P/c1-5-6-7-8-9-10-11-15(12,13)14-16(2,3)4;1-2-3-4-5-6-7-8-12(9,10)11/h5-11H2,1-4H3,(H,12,13);2-8H2,1H3,(H2,9,10,11). The lowest BCUT2D eigenvalue weighted by atomic mass is 10.1. The van der Waals surface area contributed by atoms with Gasteiger partial charge in [0, 0.05) is 12.3 Å². The van der Waals surface area contributed by atoms with Crippen LogP contribution < -0.4 is 0 Å². The van der Waals surface area contributed by atoms with Crippen molar-refractivity contribution in [1.82, 2.24) is 0 Å². The van der Waals surface area contributed by atoms with Crippen LogP contribution in [-0.2, 0) is 13.3 Å². The molecular formula is C19H46O6P2Si. The molecule has 0 spiro atoms. The van der Waals surface area contributed by atoms with E-state index in [1.54, 1.807) is 0 Å². The fourth-order valence-corrected chi connectivity index (χ4v) is 7.71. The number of rotatable bonds is 16. The average molecular weight is 461 g/mol. The minimum atomic E-state index is -3.72. The lowest BCUT2D eigenvalue weighted by Gasteiger charge is -2.21. The Morgan fingerprint density at radius 3 is 1.36 bits per heavy atom. The molecule has 0 radical (unpaired) electrons. The molecule has 0 saturated carbocycles. The highest BCUT2D eigenvalue weighted by atomic mass is 31.2. The first-order chi connectivity index (χ1) is 12.8. The van der Waals surface area contributed by atoms with Gasteiger partial charge in [0.2, 0.25) is 0 Å². The molecule has 0 aromatic carbocycles. The summed E-state index contributed by atoms with van der Waals surface area (Å²) in [7, 11) is -8.92. The van der Waals surface area contributed by atoms with Crippen molar-refractivity contribution in [2.45, 2.75) is 111 Å². The van der Waals surface area contributed by atoms with Gasteiger partial charge >= 0.3 is 15.2 Å². The normalized spacial score (nSPS) is 14.3. The Morgan fingerprint density at radius 2 is 1.00 bits per heavy atom. The third-order valence-electron chi connectivity index (χ3n) is 4.01. The van der Waals surface area contributed by atoms with Gasteiger partial charge in [-0.05, 0) is 32.5 Å². The van der Waals surface area contributed by atoms with E-state index in [0.29, 0.717) is 12.6 Å². The first kappa shape index (κ1) is 30.7. The molecule has 6 nitrogen and oxygen atoms in total. The summed E-state index contributed by atoms with van der Waals surface area (Å²) in [4.78, 5) is 26.7. The third kappa shape index (κ3) is 28.7. The van der Waals surface area contributed by atoms with Crippen LogP contribution in [0, 0.1) is 0 Å². The van der Waals surface area contributed by atoms with Crippen LogP contribution in [0.4, 0.5) is 0 Å². The Labute approximate surface area is 174 Å². The summed E-state index contributed by atoms with van der Waals surface area (Å²) in [5.74, 6) is 0. The van der Waals surface area contributed by atoms with Crippen molar-refractivity contribution < 1.29 is 28.0 Å². The second-order valence-electron chi connectivity index (χ2n) is 8.49. The Hall–Kier alpha value is 0.517. The molecular weight excluding hydrogens is 414 g/mol. The van der Waals surface area contributed by atoms with E-state index >= 15 is 0 Å². The Bertz CT molecular complexity index is 448. The molecule has 28 heavy (non-hydrogen) atoms. The van der Waals surface area contributed by atoms with Gasteiger partial charge in [0.1, 0.15) is 0 Å². The van der Waals surface area contributed by atoms with Crippen LogP contribution in [0.2, 0.25) is 19.6 Å². The first-order valence-electron chi connectivity index (χ1n) is 10.9. The van der Waals surface area contributed by atoms with E-state index in [2.05, 4.69) is 13.8 Å². The van der Waals surface area contributed by atoms with E-state index in [1.165, 1.54) is 44.9 Å². The van der Waals surface area contributed by atoms with Gasteiger partial charge in [-0.3, -0.25) is 9.13 Å². The highest BCUT2D eigenvalue weighted by molar-refractivity contribution is 7.54. The van der Waals surface area contributed by atoms with Crippen molar-refractivity contribution in [2.24, 2.45) is 0 Å². The smallest absolute Gasteiger partial charge is 0.325 e. The quantitative estimate of drug-likeness (QED) is 0.131. The maximum absolute atomic E-state index is 11.7. The fraction of sp³-hybridized carbons (Fsp3) is 1.00. The number of unbranched alkanes of at least 4 members (excludes halogenated alkanes) is 10. The minimum absolute atomic E-state index is 0.0547. The zero-order chi connectivity index (χ0) is 22.1. The molecule has 0 saturated heterocycles. The summed E-state index contributed by atoms with van der Waals surface area (Å²) in [6, 6.07) is 0. The van der Waals surface area contributed by atoms with Crippen LogP contribution in [0.5, 0.6) is 0 Å².